The Balaban J connectivity index is 1.42. The second-order valence-electron chi connectivity index (χ2n) is 6.22. The largest absolute Gasteiger partial charge is 0.457 e. The Morgan fingerprint density at radius 3 is 2.27 bits per heavy atom. The Labute approximate surface area is 153 Å². The quantitative estimate of drug-likeness (QED) is 0.777. The summed E-state index contributed by atoms with van der Waals surface area (Å²) < 4.78 is 5.73. The van der Waals surface area contributed by atoms with Crippen molar-refractivity contribution in [3.8, 4) is 11.5 Å². The third-order valence-corrected chi connectivity index (χ3v) is 4.33. The van der Waals surface area contributed by atoms with E-state index >= 15 is 0 Å². The van der Waals surface area contributed by atoms with Crippen LogP contribution >= 0.6 is 0 Å². The number of piperazine rings is 1. The fraction of sp³-hybridized carbons (Fsp3) is 0.300. The molecule has 1 N–H and O–H groups in total. The van der Waals surface area contributed by atoms with E-state index in [-0.39, 0.29) is 5.91 Å². The molecular weight excluding hydrogens is 330 g/mol. The molecule has 0 aliphatic carbocycles. The first-order valence-electron chi connectivity index (χ1n) is 8.77. The van der Waals surface area contributed by atoms with Gasteiger partial charge >= 0.3 is 0 Å². The number of nitrogens with zero attached hydrogens (tertiary/aromatic N) is 2. The van der Waals surface area contributed by atoms with Gasteiger partial charge in [-0.25, -0.2) is 0 Å². The SMILES string of the molecule is O=CN1CCN(CCC(=O)Nc2ccc(Oc3ccccc3)cc2)CC1. The van der Waals surface area contributed by atoms with Crippen LogP contribution in [0.5, 0.6) is 11.5 Å². The number of carbonyl (C=O) groups excluding carboxylic acids is 2. The maximum Gasteiger partial charge on any atom is 0.225 e. The van der Waals surface area contributed by atoms with Crippen molar-refractivity contribution < 1.29 is 14.3 Å². The Morgan fingerprint density at radius 1 is 0.962 bits per heavy atom. The molecule has 2 aromatic carbocycles. The highest BCUT2D eigenvalue weighted by atomic mass is 16.5. The van der Waals surface area contributed by atoms with Crippen molar-refractivity contribution in [2.45, 2.75) is 6.42 Å². The standard InChI is InChI=1S/C20H23N3O3/c24-16-23-14-12-22(13-15-23)11-10-20(25)21-17-6-8-19(9-7-17)26-18-4-2-1-3-5-18/h1-9,16H,10-15H2,(H,21,25). The van der Waals surface area contributed by atoms with Crippen LogP contribution in [-0.2, 0) is 9.59 Å². The molecule has 26 heavy (non-hydrogen) atoms. The minimum absolute atomic E-state index is 0.0143. The third-order valence-electron chi connectivity index (χ3n) is 4.33. The predicted molar refractivity (Wildman–Crippen MR) is 100 cm³/mol. The Kier molecular flexibility index (Phi) is 6.22. The lowest BCUT2D eigenvalue weighted by Crippen LogP contribution is -2.46. The maximum absolute atomic E-state index is 12.1. The highest BCUT2D eigenvalue weighted by Gasteiger charge is 2.16. The van der Waals surface area contributed by atoms with Crippen LogP contribution in [0.4, 0.5) is 5.69 Å². The first kappa shape index (κ1) is 17.9. The van der Waals surface area contributed by atoms with Gasteiger partial charge in [0.1, 0.15) is 11.5 Å². The van der Waals surface area contributed by atoms with E-state index in [1.807, 2.05) is 54.6 Å². The van der Waals surface area contributed by atoms with Crippen molar-refractivity contribution in [3.05, 3.63) is 54.6 Å². The highest BCUT2D eigenvalue weighted by molar-refractivity contribution is 5.90. The van der Waals surface area contributed by atoms with Gasteiger partial charge in [-0.1, -0.05) is 18.2 Å². The number of nitrogens with one attached hydrogen (secondary N) is 1. The number of hydrogen-bond donors (Lipinski definition) is 1. The molecule has 6 nitrogen and oxygen atoms in total. The highest BCUT2D eigenvalue weighted by Crippen LogP contribution is 2.22. The Bertz CT molecular complexity index is 711. The lowest BCUT2D eigenvalue weighted by atomic mass is 10.2. The second-order valence-corrected chi connectivity index (χ2v) is 6.22. The summed E-state index contributed by atoms with van der Waals surface area (Å²) in [5.74, 6) is 1.49. The van der Waals surface area contributed by atoms with Crippen LogP contribution in [0, 0.1) is 0 Å². The van der Waals surface area contributed by atoms with Crippen LogP contribution in [0.25, 0.3) is 0 Å². The van der Waals surface area contributed by atoms with Crippen LogP contribution in [0.1, 0.15) is 6.42 Å². The summed E-state index contributed by atoms with van der Waals surface area (Å²) in [4.78, 5) is 26.8. The summed E-state index contributed by atoms with van der Waals surface area (Å²) in [6.07, 6.45) is 1.32. The van der Waals surface area contributed by atoms with Crippen LogP contribution in [0.2, 0.25) is 0 Å². The molecule has 0 atom stereocenters. The average Bonchev–Trinajstić information content (AvgIpc) is 2.69. The topological polar surface area (TPSA) is 61.9 Å². The lowest BCUT2D eigenvalue weighted by Gasteiger charge is -2.32. The molecule has 1 heterocycles. The van der Waals surface area contributed by atoms with Gasteiger partial charge in [0.2, 0.25) is 12.3 Å². The monoisotopic (exact) mass is 353 g/mol. The van der Waals surface area contributed by atoms with Crippen molar-refractivity contribution in [2.75, 3.05) is 38.0 Å². The first-order chi connectivity index (χ1) is 12.7. The summed E-state index contributed by atoms with van der Waals surface area (Å²) in [7, 11) is 0. The molecule has 1 fully saturated rings. The van der Waals surface area contributed by atoms with E-state index in [0.717, 1.165) is 49.8 Å². The van der Waals surface area contributed by atoms with E-state index in [1.54, 1.807) is 4.90 Å². The van der Waals surface area contributed by atoms with Gasteiger partial charge < -0.3 is 15.0 Å². The summed E-state index contributed by atoms with van der Waals surface area (Å²) in [6, 6.07) is 16.9. The number of carbonyl (C=O) groups is 2. The summed E-state index contributed by atoms with van der Waals surface area (Å²) in [5, 5.41) is 2.90. The zero-order valence-corrected chi connectivity index (χ0v) is 14.6. The molecule has 2 aromatic rings. The number of ether oxygens (including phenoxy) is 1. The van der Waals surface area contributed by atoms with Gasteiger partial charge in [-0.2, -0.15) is 0 Å². The minimum Gasteiger partial charge on any atom is -0.457 e. The fourth-order valence-corrected chi connectivity index (χ4v) is 2.81. The molecule has 1 aliphatic rings. The molecule has 0 spiro atoms. The van der Waals surface area contributed by atoms with Gasteiger partial charge in [0.15, 0.2) is 0 Å². The number of benzene rings is 2. The van der Waals surface area contributed by atoms with Crippen LogP contribution in [-0.4, -0.2) is 54.8 Å². The molecule has 0 unspecified atom stereocenters. The van der Waals surface area contributed by atoms with E-state index in [9.17, 15) is 9.59 Å². The number of para-hydroxylation sites is 1. The third kappa shape index (κ3) is 5.32. The van der Waals surface area contributed by atoms with Crippen molar-refractivity contribution in [1.82, 2.24) is 9.80 Å². The van der Waals surface area contributed by atoms with Crippen molar-refractivity contribution in [1.29, 1.82) is 0 Å². The van der Waals surface area contributed by atoms with Gasteiger partial charge in [0, 0.05) is 44.8 Å². The molecule has 0 aromatic heterocycles. The van der Waals surface area contributed by atoms with Crippen LogP contribution in [0.3, 0.4) is 0 Å². The van der Waals surface area contributed by atoms with E-state index in [0.29, 0.717) is 13.0 Å². The number of amides is 2. The lowest BCUT2D eigenvalue weighted by molar-refractivity contribution is -0.120. The Hall–Kier alpha value is -2.86. The van der Waals surface area contributed by atoms with E-state index in [4.69, 9.17) is 4.74 Å². The van der Waals surface area contributed by atoms with Crippen molar-refractivity contribution in [2.24, 2.45) is 0 Å². The molecule has 0 radical (unpaired) electrons. The molecule has 0 bridgehead atoms. The van der Waals surface area contributed by atoms with Crippen LogP contribution in [0.15, 0.2) is 54.6 Å². The first-order valence-corrected chi connectivity index (χ1v) is 8.77. The second kappa shape index (κ2) is 9.01. The molecule has 1 saturated heterocycles. The number of rotatable bonds is 7. The number of hydrogen-bond acceptors (Lipinski definition) is 4. The normalized spacial score (nSPS) is 14.7. The van der Waals surface area contributed by atoms with E-state index in [2.05, 4.69) is 10.2 Å². The number of anilines is 1. The fourth-order valence-electron chi connectivity index (χ4n) is 2.81. The summed E-state index contributed by atoms with van der Waals surface area (Å²) in [6.45, 7) is 3.80. The van der Waals surface area contributed by atoms with Gasteiger partial charge in [-0.3, -0.25) is 14.5 Å². The van der Waals surface area contributed by atoms with E-state index in [1.165, 1.54) is 0 Å². The Morgan fingerprint density at radius 2 is 1.62 bits per heavy atom. The van der Waals surface area contributed by atoms with Crippen LogP contribution < -0.4 is 10.1 Å². The molecule has 3 rings (SSSR count). The molecule has 0 saturated carbocycles. The maximum atomic E-state index is 12.1. The molecular formula is C20H23N3O3. The average molecular weight is 353 g/mol. The van der Waals surface area contributed by atoms with E-state index < -0.39 is 0 Å². The summed E-state index contributed by atoms with van der Waals surface area (Å²) >= 11 is 0. The van der Waals surface area contributed by atoms with Gasteiger partial charge in [0.05, 0.1) is 0 Å². The predicted octanol–water partition coefficient (Wildman–Crippen LogP) is 2.58. The zero-order chi connectivity index (χ0) is 18.2. The minimum atomic E-state index is -0.0143. The van der Waals surface area contributed by atoms with Crippen molar-refractivity contribution in [3.63, 3.8) is 0 Å². The zero-order valence-electron chi connectivity index (χ0n) is 14.6. The summed E-state index contributed by atoms with van der Waals surface area (Å²) in [5.41, 5.74) is 0.751. The molecule has 6 heteroatoms. The van der Waals surface area contributed by atoms with Crippen molar-refractivity contribution >= 4 is 18.0 Å². The molecule has 1 aliphatic heterocycles. The van der Waals surface area contributed by atoms with Gasteiger partial charge in [0.25, 0.3) is 0 Å². The van der Waals surface area contributed by atoms with Gasteiger partial charge in [-0.05, 0) is 36.4 Å². The molecule has 2 amide bonds. The van der Waals surface area contributed by atoms with Gasteiger partial charge in [-0.15, -0.1) is 0 Å². The smallest absolute Gasteiger partial charge is 0.225 e. The molecule has 136 valence electrons.